The molecule has 0 saturated heterocycles. The molecule has 5 nitrogen and oxygen atoms in total. The minimum atomic E-state index is -3.67. The number of anilines is 1. The molecule has 0 bridgehead atoms. The number of carboxylic acids is 1. The fourth-order valence-corrected chi connectivity index (χ4v) is 3.98. The van der Waals surface area contributed by atoms with Crippen molar-refractivity contribution in [2.45, 2.75) is 17.6 Å². The van der Waals surface area contributed by atoms with E-state index in [1.54, 1.807) is 12.1 Å². The number of carbonyl (C=O) groups is 1. The van der Waals surface area contributed by atoms with Gasteiger partial charge in [0.05, 0.1) is 6.42 Å². The molecule has 1 aromatic heterocycles. The number of hydrogen-bond donors (Lipinski definition) is 2. The van der Waals surface area contributed by atoms with Crippen LogP contribution in [0.3, 0.4) is 0 Å². The number of aryl methyl sites for hydroxylation is 1. The van der Waals surface area contributed by atoms with Gasteiger partial charge >= 0.3 is 5.97 Å². The minimum Gasteiger partial charge on any atom is -0.481 e. The molecule has 0 spiro atoms. The van der Waals surface area contributed by atoms with E-state index in [1.165, 1.54) is 12.1 Å². The van der Waals surface area contributed by atoms with Crippen LogP contribution in [0.1, 0.15) is 10.4 Å². The molecule has 0 saturated carbocycles. The molecule has 1 aromatic carbocycles. The SMILES string of the molecule is Cc1ccc(NS(=O)(=O)c2ccc(CC(=O)O)s2)cc1. The molecule has 2 rings (SSSR count). The smallest absolute Gasteiger partial charge is 0.308 e. The number of aliphatic carboxylic acids is 1. The lowest BCUT2D eigenvalue weighted by Gasteiger charge is -2.06. The summed E-state index contributed by atoms with van der Waals surface area (Å²) in [7, 11) is -3.67. The number of nitrogens with one attached hydrogen (secondary N) is 1. The van der Waals surface area contributed by atoms with Crippen molar-refractivity contribution in [3.05, 3.63) is 46.8 Å². The Hall–Kier alpha value is -1.86. The third-order valence-electron chi connectivity index (χ3n) is 2.53. The van der Waals surface area contributed by atoms with Gasteiger partial charge in [0.15, 0.2) is 0 Å². The zero-order valence-electron chi connectivity index (χ0n) is 10.7. The summed E-state index contributed by atoms with van der Waals surface area (Å²) in [6.45, 7) is 1.91. The van der Waals surface area contributed by atoms with E-state index in [1.807, 2.05) is 19.1 Å². The Morgan fingerprint density at radius 2 is 1.85 bits per heavy atom. The standard InChI is InChI=1S/C13H13NO4S2/c1-9-2-4-10(5-3-9)14-20(17,18)13-7-6-11(19-13)8-12(15)16/h2-7,14H,8H2,1H3,(H,15,16). The summed E-state index contributed by atoms with van der Waals surface area (Å²) in [6, 6.07) is 9.91. The van der Waals surface area contributed by atoms with Crippen LogP contribution in [-0.2, 0) is 21.2 Å². The van der Waals surface area contributed by atoms with E-state index in [-0.39, 0.29) is 10.6 Å². The highest BCUT2D eigenvalue weighted by atomic mass is 32.2. The second-order valence-corrected chi connectivity index (χ2v) is 7.34. The van der Waals surface area contributed by atoms with E-state index in [4.69, 9.17) is 5.11 Å². The molecule has 0 aliphatic rings. The average molecular weight is 311 g/mol. The quantitative estimate of drug-likeness (QED) is 0.888. The summed E-state index contributed by atoms with van der Waals surface area (Å²) in [5, 5.41) is 8.68. The third kappa shape index (κ3) is 3.58. The van der Waals surface area contributed by atoms with Gasteiger partial charge < -0.3 is 5.11 Å². The van der Waals surface area contributed by atoms with E-state index >= 15 is 0 Å². The molecular formula is C13H13NO4S2. The molecule has 0 fully saturated rings. The van der Waals surface area contributed by atoms with Crippen molar-refractivity contribution in [2.75, 3.05) is 4.72 Å². The van der Waals surface area contributed by atoms with Crippen LogP contribution in [0.15, 0.2) is 40.6 Å². The van der Waals surface area contributed by atoms with E-state index in [9.17, 15) is 13.2 Å². The molecule has 7 heteroatoms. The lowest BCUT2D eigenvalue weighted by molar-refractivity contribution is -0.136. The van der Waals surface area contributed by atoms with Crippen LogP contribution in [0.25, 0.3) is 0 Å². The molecule has 1 heterocycles. The number of carboxylic acid groups (broad SMARTS) is 1. The van der Waals surface area contributed by atoms with Gasteiger partial charge in [0.2, 0.25) is 0 Å². The second-order valence-electron chi connectivity index (χ2n) is 4.26. The monoisotopic (exact) mass is 311 g/mol. The molecule has 0 atom stereocenters. The number of rotatable bonds is 5. The van der Waals surface area contributed by atoms with Gasteiger partial charge in [-0.15, -0.1) is 11.3 Å². The van der Waals surface area contributed by atoms with Crippen LogP contribution in [0.2, 0.25) is 0 Å². The van der Waals surface area contributed by atoms with Crippen molar-refractivity contribution in [1.82, 2.24) is 0 Å². The second kappa shape index (κ2) is 5.64. The number of sulfonamides is 1. The Morgan fingerprint density at radius 1 is 1.20 bits per heavy atom. The first kappa shape index (κ1) is 14.5. The van der Waals surface area contributed by atoms with E-state index in [2.05, 4.69) is 4.72 Å². The van der Waals surface area contributed by atoms with Crippen molar-refractivity contribution in [3.63, 3.8) is 0 Å². The van der Waals surface area contributed by atoms with Crippen LogP contribution in [0.5, 0.6) is 0 Å². The van der Waals surface area contributed by atoms with Gasteiger partial charge in [0.1, 0.15) is 4.21 Å². The highest BCUT2D eigenvalue weighted by molar-refractivity contribution is 7.94. The van der Waals surface area contributed by atoms with Gasteiger partial charge in [-0.25, -0.2) is 8.42 Å². The summed E-state index contributed by atoms with van der Waals surface area (Å²) >= 11 is 0.959. The summed E-state index contributed by atoms with van der Waals surface area (Å²) in [5.74, 6) is -0.984. The topological polar surface area (TPSA) is 83.5 Å². The molecule has 20 heavy (non-hydrogen) atoms. The molecule has 0 aliphatic heterocycles. The fourth-order valence-electron chi connectivity index (χ4n) is 1.57. The largest absolute Gasteiger partial charge is 0.481 e. The summed E-state index contributed by atoms with van der Waals surface area (Å²) in [6.07, 6.45) is -0.176. The van der Waals surface area contributed by atoms with Gasteiger partial charge in [0, 0.05) is 10.6 Å². The predicted molar refractivity (Wildman–Crippen MR) is 77.6 cm³/mol. The van der Waals surface area contributed by atoms with Gasteiger partial charge in [-0.3, -0.25) is 9.52 Å². The van der Waals surface area contributed by atoms with Crippen molar-refractivity contribution in [1.29, 1.82) is 0 Å². The van der Waals surface area contributed by atoms with E-state index < -0.39 is 16.0 Å². The molecule has 2 aromatic rings. The molecule has 0 aliphatic carbocycles. The van der Waals surface area contributed by atoms with Crippen LogP contribution in [-0.4, -0.2) is 19.5 Å². The zero-order chi connectivity index (χ0) is 14.8. The predicted octanol–water partition coefficient (Wildman–Crippen LogP) is 2.48. The first-order valence-corrected chi connectivity index (χ1v) is 8.07. The number of thiophene rings is 1. The van der Waals surface area contributed by atoms with Gasteiger partial charge in [0.25, 0.3) is 10.0 Å². The Balaban J connectivity index is 2.19. The maximum absolute atomic E-state index is 12.1. The molecular weight excluding hydrogens is 298 g/mol. The van der Waals surface area contributed by atoms with Crippen molar-refractivity contribution < 1.29 is 18.3 Å². The summed E-state index contributed by atoms with van der Waals surface area (Å²) in [4.78, 5) is 11.1. The van der Waals surface area contributed by atoms with Crippen LogP contribution < -0.4 is 4.72 Å². The van der Waals surface area contributed by atoms with Crippen molar-refractivity contribution in [2.24, 2.45) is 0 Å². The molecule has 2 N–H and O–H groups in total. The van der Waals surface area contributed by atoms with Gasteiger partial charge in [-0.1, -0.05) is 17.7 Å². The van der Waals surface area contributed by atoms with Gasteiger partial charge in [-0.05, 0) is 31.2 Å². The first-order valence-electron chi connectivity index (χ1n) is 5.77. The maximum Gasteiger partial charge on any atom is 0.308 e. The maximum atomic E-state index is 12.1. The van der Waals surface area contributed by atoms with E-state index in [0.29, 0.717) is 10.6 Å². The Bertz CT molecular complexity index is 717. The van der Waals surface area contributed by atoms with Crippen LogP contribution in [0.4, 0.5) is 5.69 Å². The van der Waals surface area contributed by atoms with Gasteiger partial charge in [-0.2, -0.15) is 0 Å². The zero-order valence-corrected chi connectivity index (χ0v) is 12.3. The van der Waals surface area contributed by atoms with Crippen molar-refractivity contribution in [3.8, 4) is 0 Å². The number of hydrogen-bond acceptors (Lipinski definition) is 4. The molecule has 0 unspecified atom stereocenters. The Kier molecular flexibility index (Phi) is 4.10. The van der Waals surface area contributed by atoms with Crippen LogP contribution in [0, 0.1) is 6.92 Å². The molecule has 0 amide bonds. The fraction of sp³-hybridized carbons (Fsp3) is 0.154. The summed E-state index contributed by atoms with van der Waals surface area (Å²) in [5.41, 5.74) is 1.51. The van der Waals surface area contributed by atoms with Crippen molar-refractivity contribution >= 4 is 33.0 Å². The highest BCUT2D eigenvalue weighted by Crippen LogP contribution is 2.24. The normalized spacial score (nSPS) is 11.2. The molecule has 106 valence electrons. The third-order valence-corrected chi connectivity index (χ3v) is 5.49. The first-order chi connectivity index (χ1) is 9.37. The number of benzene rings is 1. The average Bonchev–Trinajstić information content (AvgIpc) is 2.80. The lowest BCUT2D eigenvalue weighted by atomic mass is 10.2. The van der Waals surface area contributed by atoms with Crippen LogP contribution >= 0.6 is 11.3 Å². The Morgan fingerprint density at radius 3 is 2.45 bits per heavy atom. The van der Waals surface area contributed by atoms with E-state index in [0.717, 1.165) is 16.9 Å². The lowest BCUT2D eigenvalue weighted by Crippen LogP contribution is -2.11. The Labute approximate surface area is 120 Å². The summed E-state index contributed by atoms with van der Waals surface area (Å²) < 4.78 is 26.8. The highest BCUT2D eigenvalue weighted by Gasteiger charge is 2.17. The minimum absolute atomic E-state index is 0.106. The molecule has 0 radical (unpaired) electrons.